The molecule has 23 heavy (non-hydrogen) atoms. The van der Waals surface area contributed by atoms with Crippen LogP contribution in [0.4, 0.5) is 0 Å². The number of carboxylic acids is 1. The highest BCUT2D eigenvalue weighted by atomic mass is 16.4. The minimum atomic E-state index is -0.832. The maximum Gasteiger partial charge on any atom is 0.309 e. The molecule has 0 spiro atoms. The molecule has 1 aliphatic heterocycles. The van der Waals surface area contributed by atoms with Gasteiger partial charge in [0.05, 0.1) is 18.7 Å². The number of rotatable bonds is 6. The van der Waals surface area contributed by atoms with Gasteiger partial charge in [-0.2, -0.15) is 5.10 Å². The average Bonchev–Trinajstić information content (AvgIpc) is 3.17. The van der Waals surface area contributed by atoms with E-state index < -0.39 is 5.97 Å². The lowest BCUT2D eigenvalue weighted by atomic mass is 9.93. The maximum atomic E-state index is 10.7. The fourth-order valence-electron chi connectivity index (χ4n) is 3.21. The summed E-state index contributed by atoms with van der Waals surface area (Å²) in [6, 6.07) is 1.90. The lowest BCUT2D eigenvalue weighted by molar-refractivity contribution is -0.136. The van der Waals surface area contributed by atoms with Gasteiger partial charge in [0.15, 0.2) is 0 Å². The van der Waals surface area contributed by atoms with E-state index in [0.29, 0.717) is 11.6 Å². The number of nitrogens with zero attached hydrogens (tertiary/aromatic N) is 4. The van der Waals surface area contributed by atoms with E-state index in [9.17, 15) is 4.79 Å². The van der Waals surface area contributed by atoms with Gasteiger partial charge in [0.2, 0.25) is 0 Å². The molecule has 2 N–H and O–H groups in total. The Kier molecular flexibility index (Phi) is 4.76. The second kappa shape index (κ2) is 6.95. The van der Waals surface area contributed by atoms with Crippen LogP contribution in [0.3, 0.4) is 0 Å². The van der Waals surface area contributed by atoms with Crippen molar-refractivity contribution < 1.29 is 9.90 Å². The SMILES string of the molecule is CCn1ccnc1CN1CCC(c2cc(CC(=O)O)[nH]n2)CC1. The summed E-state index contributed by atoms with van der Waals surface area (Å²) in [6.45, 7) is 6.00. The summed E-state index contributed by atoms with van der Waals surface area (Å²) in [4.78, 5) is 17.6. The number of likely N-dealkylation sites (tertiary alicyclic amines) is 1. The molecule has 2 aromatic heterocycles. The predicted molar refractivity (Wildman–Crippen MR) is 85.1 cm³/mol. The van der Waals surface area contributed by atoms with Gasteiger partial charge in [-0.05, 0) is 38.9 Å². The largest absolute Gasteiger partial charge is 0.481 e. The van der Waals surface area contributed by atoms with Crippen molar-refractivity contribution in [3.63, 3.8) is 0 Å². The molecule has 0 unspecified atom stereocenters. The fourth-order valence-corrected chi connectivity index (χ4v) is 3.21. The van der Waals surface area contributed by atoms with E-state index in [1.807, 2.05) is 18.5 Å². The number of hydrogen-bond donors (Lipinski definition) is 2. The van der Waals surface area contributed by atoms with Crippen LogP contribution in [0.2, 0.25) is 0 Å². The number of piperidine rings is 1. The standard InChI is InChI=1S/C16H23N5O2/c1-2-21-8-5-17-15(21)11-20-6-3-12(4-7-20)14-9-13(18-19-14)10-16(22)23/h5,8-9,12H,2-4,6-7,10-11H2,1H3,(H,18,19)(H,22,23). The fraction of sp³-hybridized carbons (Fsp3) is 0.562. The molecule has 0 amide bonds. The van der Waals surface area contributed by atoms with Crippen LogP contribution in [-0.2, 0) is 24.3 Å². The minimum absolute atomic E-state index is 0.00548. The third kappa shape index (κ3) is 3.79. The summed E-state index contributed by atoms with van der Waals surface area (Å²) < 4.78 is 2.18. The Morgan fingerprint density at radius 2 is 2.22 bits per heavy atom. The first-order chi connectivity index (χ1) is 11.2. The Labute approximate surface area is 135 Å². The number of carboxylic acid groups (broad SMARTS) is 1. The van der Waals surface area contributed by atoms with E-state index in [2.05, 4.69) is 31.6 Å². The van der Waals surface area contributed by atoms with Gasteiger partial charge in [0.25, 0.3) is 0 Å². The van der Waals surface area contributed by atoms with E-state index in [1.165, 1.54) is 0 Å². The second-order valence-corrected chi connectivity index (χ2v) is 6.07. The highest BCUT2D eigenvalue weighted by Gasteiger charge is 2.23. The second-order valence-electron chi connectivity index (χ2n) is 6.07. The monoisotopic (exact) mass is 317 g/mol. The Morgan fingerprint density at radius 3 is 2.91 bits per heavy atom. The van der Waals surface area contributed by atoms with Crippen molar-refractivity contribution in [3.05, 3.63) is 35.7 Å². The number of aromatic nitrogens is 4. The van der Waals surface area contributed by atoms with E-state index in [4.69, 9.17) is 5.11 Å². The Balaban J connectivity index is 1.54. The van der Waals surface area contributed by atoms with Crippen LogP contribution in [0.25, 0.3) is 0 Å². The minimum Gasteiger partial charge on any atom is -0.481 e. The van der Waals surface area contributed by atoms with Crippen molar-refractivity contribution in [2.75, 3.05) is 13.1 Å². The third-order valence-electron chi connectivity index (χ3n) is 4.51. The number of hydrogen-bond acceptors (Lipinski definition) is 4. The average molecular weight is 317 g/mol. The van der Waals surface area contributed by atoms with Crippen molar-refractivity contribution in [2.24, 2.45) is 0 Å². The number of nitrogens with one attached hydrogen (secondary N) is 1. The van der Waals surface area contributed by atoms with Crippen molar-refractivity contribution in [1.82, 2.24) is 24.6 Å². The highest BCUT2D eigenvalue weighted by Crippen LogP contribution is 2.27. The van der Waals surface area contributed by atoms with E-state index in [0.717, 1.165) is 50.5 Å². The summed E-state index contributed by atoms with van der Waals surface area (Å²) in [7, 11) is 0. The Bertz CT molecular complexity index is 655. The van der Waals surface area contributed by atoms with Crippen molar-refractivity contribution in [3.8, 4) is 0 Å². The summed E-state index contributed by atoms with van der Waals surface area (Å²) in [5, 5.41) is 16.0. The molecule has 1 aliphatic rings. The van der Waals surface area contributed by atoms with Gasteiger partial charge < -0.3 is 9.67 Å². The van der Waals surface area contributed by atoms with Crippen LogP contribution < -0.4 is 0 Å². The van der Waals surface area contributed by atoms with Gasteiger partial charge in [0, 0.05) is 30.6 Å². The lowest BCUT2D eigenvalue weighted by Gasteiger charge is -2.30. The van der Waals surface area contributed by atoms with E-state index in [1.54, 1.807) is 0 Å². The van der Waals surface area contributed by atoms with Crippen LogP contribution >= 0.6 is 0 Å². The number of aryl methyl sites for hydroxylation is 1. The molecule has 0 aliphatic carbocycles. The van der Waals surface area contributed by atoms with Crippen molar-refractivity contribution >= 4 is 5.97 Å². The topological polar surface area (TPSA) is 87.0 Å². The predicted octanol–water partition coefficient (Wildman–Crippen LogP) is 1.63. The molecule has 0 bridgehead atoms. The number of aromatic amines is 1. The molecule has 7 nitrogen and oxygen atoms in total. The first kappa shape index (κ1) is 15.7. The molecule has 124 valence electrons. The van der Waals surface area contributed by atoms with Gasteiger partial charge in [-0.3, -0.25) is 14.8 Å². The Hall–Kier alpha value is -2.15. The van der Waals surface area contributed by atoms with Crippen LogP contribution in [0.5, 0.6) is 0 Å². The smallest absolute Gasteiger partial charge is 0.309 e. The molecule has 0 saturated carbocycles. The molecule has 0 atom stereocenters. The molecule has 0 radical (unpaired) electrons. The van der Waals surface area contributed by atoms with Crippen molar-refractivity contribution in [1.29, 1.82) is 0 Å². The molecule has 7 heteroatoms. The maximum absolute atomic E-state index is 10.7. The quantitative estimate of drug-likeness (QED) is 0.845. The third-order valence-corrected chi connectivity index (χ3v) is 4.51. The molecule has 2 aromatic rings. The number of H-pyrrole nitrogens is 1. The zero-order valence-corrected chi connectivity index (χ0v) is 13.4. The van der Waals surface area contributed by atoms with Gasteiger partial charge in [-0.25, -0.2) is 4.98 Å². The highest BCUT2D eigenvalue weighted by molar-refractivity contribution is 5.69. The van der Waals surface area contributed by atoms with Crippen LogP contribution in [0.1, 0.15) is 42.9 Å². The molecule has 1 saturated heterocycles. The lowest BCUT2D eigenvalue weighted by Crippen LogP contribution is -2.33. The van der Waals surface area contributed by atoms with Crippen LogP contribution in [0, 0.1) is 0 Å². The number of aliphatic carboxylic acids is 1. The van der Waals surface area contributed by atoms with Crippen LogP contribution in [0.15, 0.2) is 18.5 Å². The molecule has 3 rings (SSSR count). The van der Waals surface area contributed by atoms with Gasteiger partial charge in [-0.15, -0.1) is 0 Å². The van der Waals surface area contributed by atoms with Gasteiger partial charge >= 0.3 is 5.97 Å². The molecular formula is C16H23N5O2. The van der Waals surface area contributed by atoms with E-state index >= 15 is 0 Å². The summed E-state index contributed by atoms with van der Waals surface area (Å²) >= 11 is 0. The molecule has 0 aromatic carbocycles. The van der Waals surface area contributed by atoms with Crippen molar-refractivity contribution in [2.45, 2.75) is 45.2 Å². The van der Waals surface area contributed by atoms with E-state index in [-0.39, 0.29) is 6.42 Å². The molecular weight excluding hydrogens is 294 g/mol. The summed E-state index contributed by atoms with van der Waals surface area (Å²) in [6.07, 6.45) is 5.98. The zero-order valence-electron chi connectivity index (χ0n) is 13.4. The summed E-state index contributed by atoms with van der Waals surface area (Å²) in [5.74, 6) is 0.701. The molecule has 1 fully saturated rings. The van der Waals surface area contributed by atoms with Gasteiger partial charge in [0.1, 0.15) is 5.82 Å². The number of imidazole rings is 1. The van der Waals surface area contributed by atoms with Crippen LogP contribution in [-0.4, -0.2) is 48.8 Å². The first-order valence-corrected chi connectivity index (χ1v) is 8.14. The zero-order chi connectivity index (χ0) is 16.2. The normalized spacial score (nSPS) is 16.7. The first-order valence-electron chi connectivity index (χ1n) is 8.14. The molecule has 3 heterocycles. The van der Waals surface area contributed by atoms with Gasteiger partial charge in [-0.1, -0.05) is 0 Å². The summed E-state index contributed by atoms with van der Waals surface area (Å²) in [5.41, 5.74) is 1.68. The Morgan fingerprint density at radius 1 is 1.43 bits per heavy atom. The number of carbonyl (C=O) groups is 1.